The molecular weight excluding hydrogens is 482 g/mol. The van der Waals surface area contributed by atoms with Crippen LogP contribution in [0, 0.1) is 12.7 Å². The second-order valence-electron chi connectivity index (χ2n) is 9.27. The molecule has 3 rings (SSSR count). The third-order valence-corrected chi connectivity index (χ3v) is 6.81. The number of carbonyl (C=O) groups excluding carboxylic acids is 1. The Bertz CT molecular complexity index is 1190. The van der Waals surface area contributed by atoms with E-state index in [0.29, 0.717) is 10.5 Å². The summed E-state index contributed by atoms with van der Waals surface area (Å²) in [6, 6.07) is 2.81. The number of nitrogens with zero attached hydrogens (tertiary/aromatic N) is 3. The van der Waals surface area contributed by atoms with Crippen molar-refractivity contribution in [2.24, 2.45) is 0 Å². The molecule has 20 radical (unpaired) electrons. The number of halogens is 3. The highest BCUT2D eigenvalue weighted by Gasteiger charge is 2.70. The summed E-state index contributed by atoms with van der Waals surface area (Å²) in [5, 5.41) is -11.8. The Balaban J connectivity index is 2.08. The van der Waals surface area contributed by atoms with Crippen molar-refractivity contribution in [3.05, 3.63) is 58.4 Å². The maximum atomic E-state index is 16.9. The fourth-order valence-electron chi connectivity index (χ4n) is 3.99. The summed E-state index contributed by atoms with van der Waals surface area (Å²) in [7, 11) is 61.2. The molecule has 1 aromatic heterocycles. The van der Waals surface area contributed by atoms with Crippen LogP contribution in [-0.4, -0.2) is 122 Å². The number of rotatable bonds is 5. The Kier molecular flexibility index (Phi) is 7.58. The Morgan fingerprint density at radius 3 is 1.97 bits per heavy atom. The minimum Gasteiger partial charge on any atom is -0.363 e. The third kappa shape index (κ3) is 4.46. The van der Waals surface area contributed by atoms with Crippen molar-refractivity contribution in [2.75, 3.05) is 6.54 Å². The number of aryl methyl sites for hydroxylation is 1. The highest BCUT2D eigenvalue weighted by Crippen LogP contribution is 2.64. The Hall–Kier alpha value is -1.47. The van der Waals surface area contributed by atoms with E-state index in [1.807, 2.05) is 0 Å². The summed E-state index contributed by atoms with van der Waals surface area (Å²) >= 11 is 5.77. The quantitative estimate of drug-likeness (QED) is 0.509. The molecule has 164 valence electrons. The van der Waals surface area contributed by atoms with Crippen molar-refractivity contribution in [1.29, 1.82) is 0 Å². The molecule has 18 heteroatoms. The van der Waals surface area contributed by atoms with E-state index in [-0.39, 0.29) is 11.4 Å². The van der Waals surface area contributed by atoms with Crippen LogP contribution in [0.3, 0.4) is 0 Å². The molecule has 0 spiro atoms. The summed E-state index contributed by atoms with van der Waals surface area (Å²) in [6.45, 7) is 0.671. The van der Waals surface area contributed by atoms with Crippen LogP contribution in [-0.2, 0) is 5.34 Å². The van der Waals surface area contributed by atoms with Crippen molar-refractivity contribution in [1.82, 2.24) is 20.2 Å². The maximum Gasteiger partial charge on any atom is 0.252 e. The lowest BCUT2D eigenvalue weighted by Gasteiger charge is -2.76. The van der Waals surface area contributed by atoms with Gasteiger partial charge in [-0.2, -0.15) is 0 Å². The molecule has 1 saturated heterocycles. The van der Waals surface area contributed by atoms with Gasteiger partial charge < -0.3 is 10.2 Å². The number of hydrogen-bond donors (Lipinski definition) is 1. The zero-order valence-electron chi connectivity index (χ0n) is 19.8. The van der Waals surface area contributed by atoms with Crippen LogP contribution in [0.5, 0.6) is 0 Å². The fraction of sp³-hybridized carbons (Fsp3) is 0.421. The Labute approximate surface area is 233 Å². The second kappa shape index (κ2) is 9.32. The monoisotopic (exact) mass is 494 g/mol. The van der Waals surface area contributed by atoms with Gasteiger partial charge in [0.2, 0.25) is 0 Å². The normalized spacial score (nSPS) is 21.2. The molecule has 2 aromatic rings. The van der Waals surface area contributed by atoms with E-state index >= 15 is 4.39 Å². The van der Waals surface area contributed by atoms with Gasteiger partial charge in [0.1, 0.15) is 17.3 Å². The van der Waals surface area contributed by atoms with E-state index in [4.69, 9.17) is 90.1 Å². The first kappa shape index (κ1) is 30.1. The van der Waals surface area contributed by atoms with E-state index in [9.17, 15) is 9.18 Å². The number of carbonyl (C=O) groups is 1. The predicted octanol–water partition coefficient (Wildman–Crippen LogP) is -1.63. The number of benzene rings is 1. The van der Waals surface area contributed by atoms with Gasteiger partial charge in [-0.1, -0.05) is 22.0 Å². The summed E-state index contributed by atoms with van der Waals surface area (Å²) in [6.07, 6.45) is 2.83. The van der Waals surface area contributed by atoms with Crippen LogP contribution >= 0.6 is 11.6 Å². The van der Waals surface area contributed by atoms with Crippen LogP contribution < -0.4 is 5.32 Å². The molecule has 0 atom stereocenters. The highest BCUT2D eigenvalue weighted by molar-refractivity contribution is 6.62. The molecule has 0 saturated carbocycles. The molecule has 1 N–H and O–H groups in total. The predicted molar refractivity (Wildman–Crippen MR) is 146 cm³/mol. The first-order valence-corrected chi connectivity index (χ1v) is 10.9. The van der Waals surface area contributed by atoms with Crippen molar-refractivity contribution in [3.8, 4) is 0 Å². The van der Waals surface area contributed by atoms with E-state index in [0.717, 1.165) is 18.2 Å². The maximum absolute atomic E-state index is 16.9. The van der Waals surface area contributed by atoms with Gasteiger partial charge in [0.05, 0.1) is 83.5 Å². The van der Waals surface area contributed by atoms with Gasteiger partial charge in [0, 0.05) is 29.8 Å². The molecule has 0 unspecified atom stereocenters. The van der Waals surface area contributed by atoms with Crippen LogP contribution in [0.4, 0.5) is 8.78 Å². The average molecular weight is 493 g/mol. The molecule has 37 heavy (non-hydrogen) atoms. The van der Waals surface area contributed by atoms with E-state index in [1.54, 1.807) is 6.92 Å². The summed E-state index contributed by atoms with van der Waals surface area (Å²) in [5.41, 5.74) is -2.94. The largest absolute Gasteiger partial charge is 0.363 e. The summed E-state index contributed by atoms with van der Waals surface area (Å²) in [4.78, 5) is 21.7. The number of hydrogen-bond acceptors (Lipinski definition) is 4. The Morgan fingerprint density at radius 2 is 1.51 bits per heavy atom. The van der Waals surface area contributed by atoms with Gasteiger partial charge in [0.15, 0.2) is 0 Å². The number of nitrogens with one attached hydrogen (secondary N) is 1. The SMILES string of the molecule is [B]C([B])(NCC1(F)C([B])([B])C([B])([B])N(C(=O)c2ccc(F)c(Cl)c2)C([B])([B])C1([B])[B])c1ncc(C)cn1. The highest BCUT2D eigenvalue weighted by atomic mass is 35.5. The number of aromatic nitrogens is 2. The van der Waals surface area contributed by atoms with E-state index in [2.05, 4.69) is 15.3 Å². The first-order valence-electron chi connectivity index (χ1n) is 10.6. The van der Waals surface area contributed by atoms with Gasteiger partial charge in [-0.25, -0.2) is 18.7 Å². The fourth-order valence-corrected chi connectivity index (χ4v) is 4.17. The molecule has 1 aromatic carbocycles. The molecule has 2 heterocycles. The zero-order valence-corrected chi connectivity index (χ0v) is 20.5. The standard InChI is InChI=1S/C19H11B10ClF2N4O/c1-8-5-33-13(34-6-8)15(20,21)35-7-14(32)16(22,23)18(26,27)36(19(28,29)17(14,24)25)12(37)9-2-3-11(31)10(30)4-9/h2-6,35H,7H2,1H3. The minimum atomic E-state index is -3.32. The third-order valence-electron chi connectivity index (χ3n) is 6.52. The van der Waals surface area contributed by atoms with E-state index in [1.165, 1.54) is 12.4 Å². The van der Waals surface area contributed by atoms with Gasteiger partial charge >= 0.3 is 0 Å². The number of piperidine rings is 1. The smallest absolute Gasteiger partial charge is 0.252 e. The van der Waals surface area contributed by atoms with Gasteiger partial charge in [0.25, 0.3) is 5.91 Å². The number of amides is 1. The average Bonchev–Trinajstić information content (AvgIpc) is 2.78. The van der Waals surface area contributed by atoms with Crippen molar-refractivity contribution >= 4 is 96.0 Å². The lowest BCUT2D eigenvalue weighted by Crippen LogP contribution is -2.85. The van der Waals surface area contributed by atoms with Crippen LogP contribution in [0.25, 0.3) is 0 Å². The molecule has 1 amide bonds. The molecule has 1 fully saturated rings. The van der Waals surface area contributed by atoms with Gasteiger partial charge in [-0.05, 0) is 41.4 Å². The van der Waals surface area contributed by atoms with Crippen LogP contribution in [0.15, 0.2) is 30.6 Å². The second-order valence-corrected chi connectivity index (χ2v) is 9.67. The van der Waals surface area contributed by atoms with E-state index < -0.39 is 55.4 Å². The van der Waals surface area contributed by atoms with Crippen molar-refractivity contribution in [3.63, 3.8) is 0 Å². The van der Waals surface area contributed by atoms with Crippen LogP contribution in [0.2, 0.25) is 15.5 Å². The molecular formula is C19H11B10ClF2N4O. The van der Waals surface area contributed by atoms with Crippen LogP contribution in [0.1, 0.15) is 21.7 Å². The van der Waals surface area contributed by atoms with Gasteiger partial charge in [-0.3, -0.25) is 4.79 Å². The van der Waals surface area contributed by atoms with Crippen molar-refractivity contribution < 1.29 is 13.6 Å². The summed E-state index contributed by atoms with van der Waals surface area (Å²) < 4.78 is 30.6. The minimum absolute atomic E-state index is 0.152. The molecule has 0 bridgehead atoms. The van der Waals surface area contributed by atoms with Crippen molar-refractivity contribution in [2.45, 2.75) is 39.0 Å². The Morgan fingerprint density at radius 1 is 1.03 bits per heavy atom. The lowest BCUT2D eigenvalue weighted by atomic mass is 9.15. The number of alkyl halides is 1. The molecule has 1 aliphatic rings. The summed E-state index contributed by atoms with van der Waals surface area (Å²) in [5.74, 6) is -2.18. The number of likely N-dealkylation sites (tertiary alicyclic amines) is 1. The van der Waals surface area contributed by atoms with Gasteiger partial charge in [-0.15, -0.1) is 0 Å². The molecule has 1 aliphatic heterocycles. The lowest BCUT2D eigenvalue weighted by molar-refractivity contribution is -0.0196. The first-order chi connectivity index (χ1) is 16.6. The molecule has 5 nitrogen and oxygen atoms in total. The topological polar surface area (TPSA) is 58.1 Å². The molecule has 0 aliphatic carbocycles. The zero-order chi connectivity index (χ0) is 28.4.